The maximum Gasteiger partial charge on any atom is 0.315 e. The van der Waals surface area contributed by atoms with Crippen LogP contribution in [0.2, 0.25) is 0 Å². The van der Waals surface area contributed by atoms with Crippen molar-refractivity contribution in [3.05, 3.63) is 71.4 Å². The molecule has 0 bridgehead atoms. The quantitative estimate of drug-likeness (QED) is 0.261. The van der Waals surface area contributed by atoms with Gasteiger partial charge < -0.3 is 24.8 Å². The largest absolute Gasteiger partial charge is 0.488 e. The Hall–Kier alpha value is -4.62. The zero-order valence-electron chi connectivity index (χ0n) is 21.0. The molecule has 2 amide bonds. The molecule has 2 N–H and O–H groups in total. The summed E-state index contributed by atoms with van der Waals surface area (Å²) in [7, 11) is 4.56. The standard InChI is InChI=1S/C27H28N4O6/c1-18(17-35-3)37-23-14-20(12-21(15-23)27(34)29-24-10-11-31(2)30-24)9-8-19-6-5-7-22(13-19)28-25(32)16-26(33)36-4/h5-7,10-15,18H,16-17H2,1-4H3,(H,28,32)(H,29,30,34)/t18-/m0/s1. The van der Waals surface area contributed by atoms with Crippen molar-refractivity contribution in [2.24, 2.45) is 7.05 Å². The topological polar surface area (TPSA) is 121 Å². The van der Waals surface area contributed by atoms with Gasteiger partial charge in [0.05, 0.1) is 13.7 Å². The maximum absolute atomic E-state index is 12.9. The van der Waals surface area contributed by atoms with Crippen molar-refractivity contribution in [1.82, 2.24) is 9.78 Å². The lowest BCUT2D eigenvalue weighted by Crippen LogP contribution is -2.19. The molecule has 10 heteroatoms. The zero-order valence-corrected chi connectivity index (χ0v) is 21.0. The molecule has 0 saturated carbocycles. The van der Waals surface area contributed by atoms with Crippen LogP contribution in [0.3, 0.4) is 0 Å². The number of amides is 2. The van der Waals surface area contributed by atoms with Gasteiger partial charge in [-0.15, -0.1) is 0 Å². The van der Waals surface area contributed by atoms with Gasteiger partial charge in [-0.05, 0) is 43.3 Å². The lowest BCUT2D eigenvalue weighted by atomic mass is 10.1. The maximum atomic E-state index is 12.9. The number of hydrogen-bond acceptors (Lipinski definition) is 7. The molecule has 192 valence electrons. The van der Waals surface area contributed by atoms with Gasteiger partial charge in [0.25, 0.3) is 5.91 Å². The van der Waals surface area contributed by atoms with Gasteiger partial charge in [0.1, 0.15) is 18.3 Å². The fourth-order valence-corrected chi connectivity index (χ4v) is 3.27. The van der Waals surface area contributed by atoms with E-state index in [-0.39, 0.29) is 18.4 Å². The van der Waals surface area contributed by atoms with Crippen LogP contribution in [0.25, 0.3) is 0 Å². The highest BCUT2D eigenvalue weighted by Gasteiger charge is 2.13. The lowest BCUT2D eigenvalue weighted by Gasteiger charge is -2.15. The third-order valence-corrected chi connectivity index (χ3v) is 4.89. The van der Waals surface area contributed by atoms with Gasteiger partial charge in [0.15, 0.2) is 5.82 Å². The SMILES string of the molecule is COC[C@H](C)Oc1cc(C#Cc2cccc(NC(=O)CC(=O)OC)c2)cc(C(=O)Nc2ccn(C)n2)c1. The van der Waals surface area contributed by atoms with E-state index >= 15 is 0 Å². The Morgan fingerprint density at radius 2 is 1.81 bits per heavy atom. The molecule has 0 saturated heterocycles. The monoisotopic (exact) mass is 504 g/mol. The molecular weight excluding hydrogens is 476 g/mol. The molecule has 0 fully saturated rings. The van der Waals surface area contributed by atoms with E-state index in [9.17, 15) is 14.4 Å². The van der Waals surface area contributed by atoms with E-state index in [4.69, 9.17) is 9.47 Å². The number of aryl methyl sites for hydroxylation is 1. The Kier molecular flexibility index (Phi) is 9.41. The summed E-state index contributed by atoms with van der Waals surface area (Å²) in [5, 5.41) is 9.57. The molecule has 0 radical (unpaired) electrons. The number of ether oxygens (including phenoxy) is 3. The number of nitrogens with zero attached hydrogens (tertiary/aromatic N) is 2. The average molecular weight is 505 g/mol. The molecule has 3 rings (SSSR count). The van der Waals surface area contributed by atoms with Crippen molar-refractivity contribution in [3.8, 4) is 17.6 Å². The Morgan fingerprint density at radius 1 is 1.03 bits per heavy atom. The predicted octanol–water partition coefficient (Wildman–Crippen LogP) is 2.99. The number of esters is 1. The van der Waals surface area contributed by atoms with E-state index in [2.05, 4.69) is 32.3 Å². The molecule has 37 heavy (non-hydrogen) atoms. The number of methoxy groups -OCH3 is 2. The number of hydrogen-bond donors (Lipinski definition) is 2. The van der Waals surface area contributed by atoms with Crippen LogP contribution >= 0.6 is 0 Å². The molecule has 1 atom stereocenters. The first-order chi connectivity index (χ1) is 17.7. The molecule has 2 aromatic carbocycles. The molecule has 0 aliphatic rings. The van der Waals surface area contributed by atoms with Crippen LogP contribution in [-0.2, 0) is 26.1 Å². The van der Waals surface area contributed by atoms with Gasteiger partial charge in [0, 0.05) is 48.8 Å². The van der Waals surface area contributed by atoms with Crippen molar-refractivity contribution in [3.63, 3.8) is 0 Å². The number of carbonyl (C=O) groups excluding carboxylic acids is 3. The Morgan fingerprint density at radius 3 is 2.51 bits per heavy atom. The van der Waals surface area contributed by atoms with Crippen molar-refractivity contribution in [2.45, 2.75) is 19.4 Å². The molecule has 0 aliphatic carbocycles. The normalized spacial score (nSPS) is 11.0. The average Bonchev–Trinajstić information content (AvgIpc) is 3.27. The summed E-state index contributed by atoms with van der Waals surface area (Å²) >= 11 is 0. The van der Waals surface area contributed by atoms with Gasteiger partial charge in [-0.2, -0.15) is 5.10 Å². The second-order valence-corrected chi connectivity index (χ2v) is 8.09. The van der Waals surface area contributed by atoms with Crippen LogP contribution in [0, 0.1) is 11.8 Å². The number of benzene rings is 2. The van der Waals surface area contributed by atoms with Crippen LogP contribution in [0.5, 0.6) is 5.75 Å². The predicted molar refractivity (Wildman–Crippen MR) is 137 cm³/mol. The molecule has 0 spiro atoms. The number of rotatable bonds is 9. The first kappa shape index (κ1) is 27.0. The third kappa shape index (κ3) is 8.52. The van der Waals surface area contributed by atoms with E-state index in [0.29, 0.717) is 40.6 Å². The summed E-state index contributed by atoms with van der Waals surface area (Å²) in [5.41, 5.74) is 2.00. The summed E-state index contributed by atoms with van der Waals surface area (Å²) in [4.78, 5) is 36.2. The molecular formula is C27H28N4O6. The summed E-state index contributed by atoms with van der Waals surface area (Å²) in [5.74, 6) is 5.48. The van der Waals surface area contributed by atoms with Crippen LogP contribution in [0.1, 0.15) is 34.8 Å². The van der Waals surface area contributed by atoms with Crippen molar-refractivity contribution in [1.29, 1.82) is 0 Å². The Balaban J connectivity index is 1.84. The minimum absolute atomic E-state index is 0.245. The van der Waals surface area contributed by atoms with E-state index in [1.54, 1.807) is 73.6 Å². The second-order valence-electron chi connectivity index (χ2n) is 8.09. The molecule has 3 aromatic rings. The van der Waals surface area contributed by atoms with Gasteiger partial charge in [0.2, 0.25) is 5.91 Å². The lowest BCUT2D eigenvalue weighted by molar-refractivity contribution is -0.142. The van der Waals surface area contributed by atoms with Crippen LogP contribution < -0.4 is 15.4 Å². The van der Waals surface area contributed by atoms with E-state index in [1.807, 2.05) is 6.92 Å². The van der Waals surface area contributed by atoms with Gasteiger partial charge in [-0.25, -0.2) is 0 Å². The molecule has 0 aliphatic heterocycles. The summed E-state index contributed by atoms with van der Waals surface area (Å²) in [6, 6.07) is 13.6. The summed E-state index contributed by atoms with van der Waals surface area (Å²) in [6.45, 7) is 2.23. The van der Waals surface area contributed by atoms with Crippen LogP contribution in [0.15, 0.2) is 54.7 Å². The molecule has 0 unspecified atom stereocenters. The highest BCUT2D eigenvalue weighted by Crippen LogP contribution is 2.20. The molecule has 1 heterocycles. The van der Waals surface area contributed by atoms with E-state index in [0.717, 1.165) is 0 Å². The summed E-state index contributed by atoms with van der Waals surface area (Å²) in [6.07, 6.45) is 1.10. The highest BCUT2D eigenvalue weighted by molar-refractivity contribution is 6.04. The molecule has 1 aromatic heterocycles. The minimum atomic E-state index is -0.627. The van der Waals surface area contributed by atoms with Gasteiger partial charge in [-0.3, -0.25) is 19.1 Å². The van der Waals surface area contributed by atoms with Gasteiger partial charge in [-0.1, -0.05) is 17.9 Å². The van der Waals surface area contributed by atoms with Crippen LogP contribution in [-0.4, -0.2) is 54.5 Å². The number of anilines is 2. The third-order valence-electron chi connectivity index (χ3n) is 4.89. The first-order valence-corrected chi connectivity index (χ1v) is 11.4. The summed E-state index contributed by atoms with van der Waals surface area (Å²) < 4.78 is 17.1. The fraction of sp³-hybridized carbons (Fsp3) is 0.259. The minimum Gasteiger partial charge on any atom is -0.488 e. The van der Waals surface area contributed by atoms with Crippen molar-refractivity contribution in [2.75, 3.05) is 31.5 Å². The van der Waals surface area contributed by atoms with E-state index < -0.39 is 11.9 Å². The Bertz CT molecular complexity index is 1340. The molecule has 10 nitrogen and oxygen atoms in total. The van der Waals surface area contributed by atoms with Crippen molar-refractivity contribution < 1.29 is 28.6 Å². The Labute approximate surface area is 214 Å². The van der Waals surface area contributed by atoms with Gasteiger partial charge >= 0.3 is 5.97 Å². The zero-order chi connectivity index (χ0) is 26.8. The number of carbonyl (C=O) groups is 3. The van der Waals surface area contributed by atoms with Crippen LogP contribution in [0.4, 0.5) is 11.5 Å². The first-order valence-electron chi connectivity index (χ1n) is 11.4. The second kappa shape index (κ2) is 12.9. The van der Waals surface area contributed by atoms with Crippen molar-refractivity contribution >= 4 is 29.3 Å². The number of nitrogens with one attached hydrogen (secondary N) is 2. The smallest absolute Gasteiger partial charge is 0.315 e. The highest BCUT2D eigenvalue weighted by atomic mass is 16.5. The number of aromatic nitrogens is 2. The fourth-order valence-electron chi connectivity index (χ4n) is 3.27. The van der Waals surface area contributed by atoms with E-state index in [1.165, 1.54) is 7.11 Å².